The van der Waals surface area contributed by atoms with Gasteiger partial charge < -0.3 is 9.84 Å². The highest BCUT2D eigenvalue weighted by Crippen LogP contribution is 2.58. The molecule has 2 fully saturated rings. The SMILES string of the molecule is CC(C)(C)C1(CC(=O)O)NC(C(=O)OCc2ccccc2)C2(CCN(CN3C(=O)c4ccccc4C3=O)CC2)S1. The third kappa shape index (κ3) is 5.15. The number of amides is 2. The number of nitrogens with zero attached hydrogens (tertiary/aromatic N) is 2. The standard InChI is InChI=1S/C30H35N3O6S/c1-28(2,3)30(17-23(34)35)31-24(27(38)39-18-20-9-5-4-6-10-20)29(40-30)13-15-32(16-14-29)19-33-25(36)21-11-7-8-12-22(21)26(33)37/h4-12,24,31H,13-19H2,1-3H3,(H,34,35). The molecular weight excluding hydrogens is 530 g/mol. The molecule has 0 aromatic heterocycles. The smallest absolute Gasteiger partial charge is 0.324 e. The van der Waals surface area contributed by atoms with Gasteiger partial charge in [0, 0.05) is 17.8 Å². The fourth-order valence-corrected chi connectivity index (χ4v) is 7.88. The Morgan fingerprint density at radius 3 is 2.12 bits per heavy atom. The van der Waals surface area contributed by atoms with Crippen molar-refractivity contribution in [3.63, 3.8) is 0 Å². The molecule has 212 valence electrons. The highest BCUT2D eigenvalue weighted by molar-refractivity contribution is 8.02. The molecule has 2 unspecified atom stereocenters. The van der Waals surface area contributed by atoms with Crippen molar-refractivity contribution in [1.29, 1.82) is 0 Å². The number of benzene rings is 2. The van der Waals surface area contributed by atoms with Crippen LogP contribution in [0.2, 0.25) is 0 Å². The van der Waals surface area contributed by atoms with E-state index in [0.717, 1.165) is 5.56 Å². The van der Waals surface area contributed by atoms with E-state index in [4.69, 9.17) is 4.74 Å². The number of carboxylic acids is 1. The molecule has 2 N–H and O–H groups in total. The summed E-state index contributed by atoms with van der Waals surface area (Å²) < 4.78 is 5.17. The zero-order valence-electron chi connectivity index (χ0n) is 23.0. The number of aliphatic carboxylic acids is 1. The van der Waals surface area contributed by atoms with Crippen molar-refractivity contribution in [2.24, 2.45) is 5.41 Å². The van der Waals surface area contributed by atoms with Gasteiger partial charge in [-0.25, -0.2) is 0 Å². The first kappa shape index (κ1) is 28.3. The number of piperidine rings is 1. The van der Waals surface area contributed by atoms with Crippen molar-refractivity contribution in [3.8, 4) is 0 Å². The van der Waals surface area contributed by atoms with Crippen LogP contribution in [0.4, 0.5) is 0 Å². The van der Waals surface area contributed by atoms with Gasteiger partial charge in [0.05, 0.1) is 29.1 Å². The van der Waals surface area contributed by atoms with Gasteiger partial charge in [0.15, 0.2) is 0 Å². The second-order valence-corrected chi connectivity index (χ2v) is 13.5. The van der Waals surface area contributed by atoms with Crippen LogP contribution in [0.25, 0.3) is 0 Å². The molecule has 2 amide bonds. The number of ether oxygens (including phenoxy) is 1. The molecule has 0 radical (unpaired) electrons. The summed E-state index contributed by atoms with van der Waals surface area (Å²) in [6.45, 7) is 7.33. The molecule has 40 heavy (non-hydrogen) atoms. The van der Waals surface area contributed by atoms with E-state index in [9.17, 15) is 24.3 Å². The summed E-state index contributed by atoms with van der Waals surface area (Å²) in [4.78, 5) is 53.9. The molecule has 10 heteroatoms. The number of fused-ring (bicyclic) bond motifs is 1. The molecule has 9 nitrogen and oxygen atoms in total. The number of thioether (sulfide) groups is 1. The number of carbonyl (C=O) groups is 4. The Morgan fingerprint density at radius 1 is 1.00 bits per heavy atom. The zero-order valence-corrected chi connectivity index (χ0v) is 23.8. The highest BCUT2D eigenvalue weighted by Gasteiger charge is 2.63. The van der Waals surface area contributed by atoms with Gasteiger partial charge in [-0.2, -0.15) is 0 Å². The minimum Gasteiger partial charge on any atom is -0.481 e. The second-order valence-electron chi connectivity index (χ2n) is 11.8. The van der Waals surface area contributed by atoms with Gasteiger partial charge in [-0.15, -0.1) is 11.8 Å². The highest BCUT2D eigenvalue weighted by atomic mass is 32.2. The third-order valence-electron chi connectivity index (χ3n) is 8.27. The van der Waals surface area contributed by atoms with E-state index in [1.54, 1.807) is 36.0 Å². The van der Waals surface area contributed by atoms with E-state index in [0.29, 0.717) is 37.1 Å². The van der Waals surface area contributed by atoms with Crippen LogP contribution < -0.4 is 5.32 Å². The van der Waals surface area contributed by atoms with Gasteiger partial charge in [-0.1, -0.05) is 63.2 Å². The quantitative estimate of drug-likeness (QED) is 0.383. The van der Waals surface area contributed by atoms with Crippen LogP contribution in [0.5, 0.6) is 0 Å². The summed E-state index contributed by atoms with van der Waals surface area (Å²) in [5.74, 6) is -1.94. The summed E-state index contributed by atoms with van der Waals surface area (Å²) >= 11 is 1.54. The summed E-state index contributed by atoms with van der Waals surface area (Å²) in [6, 6.07) is 15.6. The van der Waals surface area contributed by atoms with Crippen molar-refractivity contribution < 1.29 is 29.0 Å². The minimum atomic E-state index is -0.938. The number of imide groups is 1. The molecule has 5 rings (SSSR count). The van der Waals surface area contributed by atoms with Gasteiger partial charge >= 0.3 is 11.9 Å². The first-order chi connectivity index (χ1) is 18.9. The maximum absolute atomic E-state index is 13.6. The van der Waals surface area contributed by atoms with E-state index in [1.165, 1.54) is 4.90 Å². The number of likely N-dealkylation sites (tertiary alicyclic amines) is 1. The molecule has 3 heterocycles. The lowest BCUT2D eigenvalue weighted by Crippen LogP contribution is -2.57. The molecule has 0 aliphatic carbocycles. The van der Waals surface area contributed by atoms with Gasteiger partial charge in [0.1, 0.15) is 12.6 Å². The lowest BCUT2D eigenvalue weighted by Gasteiger charge is -2.44. The van der Waals surface area contributed by atoms with Crippen molar-refractivity contribution in [2.75, 3.05) is 19.8 Å². The Hall–Kier alpha value is -3.21. The Bertz CT molecular complexity index is 1280. The molecule has 2 saturated heterocycles. The fraction of sp³-hybridized carbons (Fsp3) is 0.467. The molecule has 3 aliphatic rings. The predicted octanol–water partition coefficient (Wildman–Crippen LogP) is 3.74. The summed E-state index contributed by atoms with van der Waals surface area (Å²) in [5.41, 5.74) is 1.23. The number of rotatable bonds is 7. The Morgan fingerprint density at radius 2 is 1.57 bits per heavy atom. The number of hydrogen-bond donors (Lipinski definition) is 2. The molecule has 1 spiro atoms. The molecule has 2 atom stereocenters. The van der Waals surface area contributed by atoms with E-state index < -0.39 is 33.0 Å². The zero-order chi connectivity index (χ0) is 28.7. The molecule has 3 aliphatic heterocycles. The summed E-state index contributed by atoms with van der Waals surface area (Å²) in [7, 11) is 0. The van der Waals surface area contributed by atoms with Crippen LogP contribution in [-0.4, -0.2) is 74.1 Å². The number of carbonyl (C=O) groups excluding carboxylic acids is 3. The van der Waals surface area contributed by atoms with Crippen molar-refractivity contribution >= 4 is 35.5 Å². The average Bonchev–Trinajstić information content (AvgIpc) is 3.37. The maximum Gasteiger partial charge on any atom is 0.324 e. The predicted molar refractivity (Wildman–Crippen MR) is 151 cm³/mol. The largest absolute Gasteiger partial charge is 0.481 e. The number of nitrogens with one attached hydrogen (secondary N) is 1. The van der Waals surface area contributed by atoms with Gasteiger partial charge in [-0.05, 0) is 36.0 Å². The molecular formula is C30H35N3O6S. The van der Waals surface area contributed by atoms with Crippen LogP contribution >= 0.6 is 11.8 Å². The van der Waals surface area contributed by atoms with Gasteiger partial charge in [0.2, 0.25) is 0 Å². The summed E-state index contributed by atoms with van der Waals surface area (Å²) in [6.07, 6.45) is 0.983. The molecule has 0 saturated carbocycles. The van der Waals surface area contributed by atoms with E-state index in [-0.39, 0.29) is 31.5 Å². The second kappa shape index (κ2) is 10.6. The van der Waals surface area contributed by atoms with Crippen LogP contribution in [0, 0.1) is 5.41 Å². The molecule has 2 aromatic carbocycles. The van der Waals surface area contributed by atoms with Crippen LogP contribution in [0.3, 0.4) is 0 Å². The Labute approximate surface area is 238 Å². The number of hydrogen-bond acceptors (Lipinski definition) is 8. The first-order valence-electron chi connectivity index (χ1n) is 13.5. The first-order valence-corrected chi connectivity index (χ1v) is 14.3. The molecule has 2 aromatic rings. The lowest BCUT2D eigenvalue weighted by molar-refractivity contribution is -0.150. The van der Waals surface area contributed by atoms with Crippen LogP contribution in [0.1, 0.15) is 66.3 Å². The van der Waals surface area contributed by atoms with E-state index >= 15 is 0 Å². The number of esters is 1. The fourth-order valence-electron chi connectivity index (χ4n) is 5.85. The third-order valence-corrected chi connectivity index (χ3v) is 10.5. The Kier molecular flexibility index (Phi) is 7.54. The minimum absolute atomic E-state index is 0.131. The maximum atomic E-state index is 13.6. The molecule has 0 bridgehead atoms. The summed E-state index contributed by atoms with van der Waals surface area (Å²) in [5, 5.41) is 13.3. The van der Waals surface area contributed by atoms with Crippen molar-refractivity contribution in [1.82, 2.24) is 15.1 Å². The monoisotopic (exact) mass is 565 g/mol. The lowest BCUT2D eigenvalue weighted by atomic mass is 9.82. The average molecular weight is 566 g/mol. The van der Waals surface area contributed by atoms with Crippen LogP contribution in [0.15, 0.2) is 54.6 Å². The van der Waals surface area contributed by atoms with Gasteiger partial charge in [-0.3, -0.25) is 34.3 Å². The topological polar surface area (TPSA) is 116 Å². The number of carboxylic acid groups (broad SMARTS) is 1. The Balaban J connectivity index is 1.34. The van der Waals surface area contributed by atoms with E-state index in [2.05, 4.69) is 5.32 Å². The van der Waals surface area contributed by atoms with E-state index in [1.807, 2.05) is 56.0 Å². The normalized spacial score (nSPS) is 24.4. The van der Waals surface area contributed by atoms with Crippen molar-refractivity contribution in [2.45, 2.75) is 62.3 Å². The van der Waals surface area contributed by atoms with Crippen LogP contribution in [-0.2, 0) is 20.9 Å². The van der Waals surface area contributed by atoms with Crippen molar-refractivity contribution in [3.05, 3.63) is 71.3 Å². The van der Waals surface area contributed by atoms with Gasteiger partial charge in [0.25, 0.3) is 11.8 Å².